The molecule has 2 atom stereocenters. The predicted molar refractivity (Wildman–Crippen MR) is 84.6 cm³/mol. The van der Waals surface area contributed by atoms with Gasteiger partial charge in [-0.1, -0.05) is 25.5 Å². The molecule has 20 heavy (non-hydrogen) atoms. The molecule has 1 aliphatic heterocycles. The van der Waals surface area contributed by atoms with E-state index in [1.165, 1.54) is 4.90 Å². The molecule has 0 aliphatic carbocycles. The molecule has 1 N–H and O–H groups in total. The lowest BCUT2D eigenvalue weighted by atomic mass is 9.88. The monoisotopic (exact) mass is 387 g/mol. The van der Waals surface area contributed by atoms with Gasteiger partial charge in [-0.3, -0.25) is 4.79 Å². The summed E-state index contributed by atoms with van der Waals surface area (Å²) in [5.41, 5.74) is 0.592. The van der Waals surface area contributed by atoms with Crippen LogP contribution in [-0.2, 0) is 4.79 Å². The van der Waals surface area contributed by atoms with E-state index in [9.17, 15) is 14.7 Å². The standard InChI is InChI=1S/C15H18INO3/c1-2-10-7-8-17(13(9-10)15(19)20)14(18)11-5-3-4-6-12(11)16/h3-6,10,13H,2,7-9H2,1H3,(H,19,20). The maximum atomic E-state index is 12.6. The molecule has 0 bridgehead atoms. The highest BCUT2D eigenvalue weighted by molar-refractivity contribution is 14.1. The number of hydrogen-bond acceptors (Lipinski definition) is 2. The maximum Gasteiger partial charge on any atom is 0.326 e. The molecule has 4 nitrogen and oxygen atoms in total. The summed E-state index contributed by atoms with van der Waals surface area (Å²) in [7, 11) is 0. The van der Waals surface area contributed by atoms with E-state index < -0.39 is 12.0 Å². The van der Waals surface area contributed by atoms with Crippen LogP contribution in [0.15, 0.2) is 24.3 Å². The van der Waals surface area contributed by atoms with Crippen molar-refractivity contribution in [3.05, 3.63) is 33.4 Å². The molecule has 1 amide bonds. The summed E-state index contributed by atoms with van der Waals surface area (Å²) in [5.74, 6) is -0.672. The van der Waals surface area contributed by atoms with Gasteiger partial charge in [-0.25, -0.2) is 4.79 Å². The Morgan fingerprint density at radius 1 is 1.40 bits per heavy atom. The normalized spacial score (nSPS) is 22.6. The van der Waals surface area contributed by atoms with Gasteiger partial charge < -0.3 is 10.0 Å². The lowest BCUT2D eigenvalue weighted by molar-refractivity contribution is -0.144. The van der Waals surface area contributed by atoms with Crippen molar-refractivity contribution in [1.29, 1.82) is 0 Å². The fraction of sp³-hybridized carbons (Fsp3) is 0.467. The smallest absolute Gasteiger partial charge is 0.326 e. The van der Waals surface area contributed by atoms with Gasteiger partial charge in [-0.15, -0.1) is 0 Å². The molecule has 108 valence electrons. The van der Waals surface area contributed by atoms with Crippen LogP contribution in [0.1, 0.15) is 36.5 Å². The van der Waals surface area contributed by atoms with Crippen LogP contribution in [0, 0.1) is 9.49 Å². The van der Waals surface area contributed by atoms with Crippen LogP contribution >= 0.6 is 22.6 Å². The van der Waals surface area contributed by atoms with Crippen molar-refractivity contribution < 1.29 is 14.7 Å². The molecule has 0 radical (unpaired) electrons. The molecular weight excluding hydrogens is 369 g/mol. The molecule has 1 aromatic rings. The minimum atomic E-state index is -0.901. The van der Waals surface area contributed by atoms with Crippen molar-refractivity contribution in [2.75, 3.05) is 6.54 Å². The molecule has 1 aliphatic rings. The van der Waals surface area contributed by atoms with Crippen LogP contribution in [0.25, 0.3) is 0 Å². The van der Waals surface area contributed by atoms with Crippen molar-refractivity contribution in [2.24, 2.45) is 5.92 Å². The summed E-state index contributed by atoms with van der Waals surface area (Å²) in [6.07, 6.45) is 2.41. The Kier molecular flexibility index (Phi) is 5.01. The second-order valence-corrected chi connectivity index (χ2v) is 6.29. The number of benzene rings is 1. The highest BCUT2D eigenvalue weighted by Crippen LogP contribution is 2.27. The molecule has 0 aromatic heterocycles. The fourth-order valence-electron chi connectivity index (χ4n) is 2.68. The molecule has 0 saturated carbocycles. The molecule has 1 aromatic carbocycles. The number of halogens is 1. The van der Waals surface area contributed by atoms with Crippen LogP contribution in [0.4, 0.5) is 0 Å². The van der Waals surface area contributed by atoms with Gasteiger partial charge in [0.25, 0.3) is 5.91 Å². The van der Waals surface area contributed by atoms with Gasteiger partial charge in [0, 0.05) is 10.1 Å². The molecule has 5 heteroatoms. The van der Waals surface area contributed by atoms with Gasteiger partial charge in [-0.05, 0) is 53.5 Å². The van der Waals surface area contributed by atoms with Gasteiger partial charge in [0.05, 0.1) is 5.56 Å². The van der Waals surface area contributed by atoms with Gasteiger partial charge >= 0.3 is 5.97 Å². The second kappa shape index (κ2) is 6.56. The summed E-state index contributed by atoms with van der Waals surface area (Å²) in [4.78, 5) is 25.6. The number of amides is 1. The second-order valence-electron chi connectivity index (χ2n) is 5.13. The maximum absolute atomic E-state index is 12.6. The highest BCUT2D eigenvalue weighted by Gasteiger charge is 2.36. The summed E-state index contributed by atoms with van der Waals surface area (Å²) in [6.45, 7) is 2.60. The number of hydrogen-bond donors (Lipinski definition) is 1. The van der Waals surface area contributed by atoms with E-state index in [0.29, 0.717) is 24.4 Å². The fourth-order valence-corrected chi connectivity index (χ4v) is 3.29. The Labute approximate surface area is 132 Å². The number of carbonyl (C=O) groups is 2. The number of piperidine rings is 1. The first-order valence-corrected chi connectivity index (χ1v) is 7.90. The number of rotatable bonds is 3. The third-order valence-corrected chi connectivity index (χ3v) is 4.88. The van der Waals surface area contributed by atoms with E-state index >= 15 is 0 Å². The Morgan fingerprint density at radius 3 is 2.70 bits per heavy atom. The lowest BCUT2D eigenvalue weighted by Crippen LogP contribution is -2.50. The van der Waals surface area contributed by atoms with E-state index in [4.69, 9.17) is 0 Å². The first-order valence-electron chi connectivity index (χ1n) is 6.82. The summed E-state index contributed by atoms with van der Waals surface area (Å²) in [5, 5.41) is 9.39. The number of likely N-dealkylation sites (tertiary alicyclic amines) is 1. The molecular formula is C15H18INO3. The van der Waals surface area contributed by atoms with Crippen molar-refractivity contribution in [1.82, 2.24) is 4.90 Å². The molecule has 0 spiro atoms. The van der Waals surface area contributed by atoms with E-state index in [-0.39, 0.29) is 5.91 Å². The molecule has 2 unspecified atom stereocenters. The van der Waals surface area contributed by atoms with E-state index in [2.05, 4.69) is 29.5 Å². The van der Waals surface area contributed by atoms with Crippen molar-refractivity contribution in [2.45, 2.75) is 32.2 Å². The zero-order valence-corrected chi connectivity index (χ0v) is 13.5. The summed E-state index contributed by atoms with van der Waals surface area (Å²) >= 11 is 2.11. The predicted octanol–water partition coefficient (Wildman–Crippen LogP) is 3.01. The van der Waals surface area contributed by atoms with Crippen LogP contribution in [0.5, 0.6) is 0 Å². The average molecular weight is 387 g/mol. The van der Waals surface area contributed by atoms with E-state index in [1.807, 2.05) is 18.2 Å². The van der Waals surface area contributed by atoms with Gasteiger partial charge in [0.2, 0.25) is 0 Å². The topological polar surface area (TPSA) is 57.6 Å². The van der Waals surface area contributed by atoms with Crippen molar-refractivity contribution >= 4 is 34.5 Å². The van der Waals surface area contributed by atoms with E-state index in [0.717, 1.165) is 16.4 Å². The van der Waals surface area contributed by atoms with Crippen molar-refractivity contribution in [3.8, 4) is 0 Å². The Bertz CT molecular complexity index is 518. The van der Waals surface area contributed by atoms with Crippen LogP contribution in [-0.4, -0.2) is 34.5 Å². The lowest BCUT2D eigenvalue weighted by Gasteiger charge is -2.37. The molecule has 1 fully saturated rings. The van der Waals surface area contributed by atoms with Crippen LogP contribution in [0.3, 0.4) is 0 Å². The highest BCUT2D eigenvalue weighted by atomic mass is 127. The minimum absolute atomic E-state index is 0.169. The third-order valence-electron chi connectivity index (χ3n) is 3.94. The SMILES string of the molecule is CCC1CCN(C(=O)c2ccccc2I)C(C(=O)O)C1. The minimum Gasteiger partial charge on any atom is -0.480 e. The number of carbonyl (C=O) groups excluding carboxylic acids is 1. The molecule has 1 heterocycles. The Hall–Kier alpha value is -1.11. The van der Waals surface area contributed by atoms with Gasteiger partial charge in [0.15, 0.2) is 0 Å². The van der Waals surface area contributed by atoms with Gasteiger partial charge in [0.1, 0.15) is 6.04 Å². The summed E-state index contributed by atoms with van der Waals surface area (Å²) < 4.78 is 0.858. The third kappa shape index (κ3) is 3.13. The Balaban J connectivity index is 2.24. The quantitative estimate of drug-likeness (QED) is 0.812. The zero-order valence-electron chi connectivity index (χ0n) is 11.4. The van der Waals surface area contributed by atoms with E-state index in [1.54, 1.807) is 6.07 Å². The number of nitrogens with zero attached hydrogens (tertiary/aromatic N) is 1. The zero-order chi connectivity index (χ0) is 14.7. The first kappa shape index (κ1) is 15.3. The number of carboxylic acid groups (broad SMARTS) is 1. The first-order chi connectivity index (χ1) is 9.54. The van der Waals surface area contributed by atoms with Crippen molar-refractivity contribution in [3.63, 3.8) is 0 Å². The van der Waals surface area contributed by atoms with Gasteiger partial charge in [-0.2, -0.15) is 0 Å². The average Bonchev–Trinajstić information content (AvgIpc) is 2.46. The summed E-state index contributed by atoms with van der Waals surface area (Å²) in [6, 6.07) is 6.61. The largest absolute Gasteiger partial charge is 0.480 e. The molecule has 2 rings (SSSR count). The number of aliphatic carboxylic acids is 1. The molecule has 1 saturated heterocycles. The number of carboxylic acids is 1. The van der Waals surface area contributed by atoms with Crippen LogP contribution in [0.2, 0.25) is 0 Å². The Morgan fingerprint density at radius 2 is 2.10 bits per heavy atom. The van der Waals surface area contributed by atoms with Crippen LogP contribution < -0.4 is 0 Å².